The number of carbonyl (C=O) groups is 1. The van der Waals surface area contributed by atoms with E-state index in [1.54, 1.807) is 7.11 Å². The van der Waals surface area contributed by atoms with Gasteiger partial charge in [-0.25, -0.2) is 0 Å². The van der Waals surface area contributed by atoms with Crippen molar-refractivity contribution in [2.75, 3.05) is 13.7 Å². The second-order valence-corrected chi connectivity index (χ2v) is 6.56. The summed E-state index contributed by atoms with van der Waals surface area (Å²) in [5.41, 5.74) is 2.80. The van der Waals surface area contributed by atoms with Crippen molar-refractivity contribution >= 4 is 5.97 Å². The zero-order chi connectivity index (χ0) is 17.8. The smallest absolute Gasteiger partial charge is 0.303 e. The minimum Gasteiger partial charge on any atom is -0.497 e. The van der Waals surface area contributed by atoms with Crippen LogP contribution in [0.1, 0.15) is 36.2 Å². The number of nitrogens with zero attached hydrogens (tertiary/aromatic N) is 2. The zero-order valence-corrected chi connectivity index (χ0v) is 14.7. The lowest BCUT2D eigenvalue weighted by Gasteiger charge is -2.14. The Kier molecular flexibility index (Phi) is 5.26. The Bertz CT molecular complexity index is 750. The molecule has 2 aromatic rings. The van der Waals surface area contributed by atoms with E-state index in [-0.39, 0.29) is 6.42 Å². The molecule has 6 nitrogen and oxygen atoms in total. The Labute approximate surface area is 147 Å². The van der Waals surface area contributed by atoms with Crippen molar-refractivity contribution in [1.29, 1.82) is 0 Å². The van der Waals surface area contributed by atoms with E-state index in [0.717, 1.165) is 35.1 Å². The van der Waals surface area contributed by atoms with Crippen LogP contribution in [0.2, 0.25) is 0 Å². The molecule has 0 unspecified atom stereocenters. The molecule has 1 aromatic carbocycles. The number of aliphatic carboxylic acids is 1. The Morgan fingerprint density at radius 3 is 2.84 bits per heavy atom. The standard InChI is InChI=1S/C19H24N2O4/c1-13-9-16(5-8-19(22)23)20-21(13)11-15-10-17(24-2)6-7-18(15)25-12-14-3-4-14/h6-7,9-10,14H,3-5,8,11-12H2,1-2H3,(H,22,23). The number of hydrogen-bond acceptors (Lipinski definition) is 4. The predicted molar refractivity (Wildman–Crippen MR) is 93.2 cm³/mol. The number of rotatable bonds is 9. The zero-order valence-electron chi connectivity index (χ0n) is 14.7. The molecule has 6 heteroatoms. The molecule has 0 saturated heterocycles. The van der Waals surface area contributed by atoms with Gasteiger partial charge in [-0.1, -0.05) is 0 Å². The van der Waals surface area contributed by atoms with Gasteiger partial charge < -0.3 is 14.6 Å². The molecule has 0 amide bonds. The number of aromatic nitrogens is 2. The summed E-state index contributed by atoms with van der Waals surface area (Å²) in [6, 6.07) is 7.76. The van der Waals surface area contributed by atoms with Gasteiger partial charge >= 0.3 is 5.97 Å². The van der Waals surface area contributed by atoms with Crippen LogP contribution in [0.15, 0.2) is 24.3 Å². The van der Waals surface area contributed by atoms with Crippen LogP contribution < -0.4 is 9.47 Å². The van der Waals surface area contributed by atoms with Crippen LogP contribution in [0.5, 0.6) is 11.5 Å². The third-order valence-corrected chi connectivity index (χ3v) is 4.39. The van der Waals surface area contributed by atoms with Crippen molar-refractivity contribution in [3.63, 3.8) is 0 Å². The highest BCUT2D eigenvalue weighted by molar-refractivity contribution is 5.66. The van der Waals surface area contributed by atoms with Crippen LogP contribution in [0, 0.1) is 12.8 Å². The lowest BCUT2D eigenvalue weighted by molar-refractivity contribution is -0.136. The van der Waals surface area contributed by atoms with Gasteiger partial charge in [0.05, 0.1) is 32.4 Å². The first-order chi connectivity index (χ1) is 12.0. The molecule has 1 N–H and O–H groups in total. The fraction of sp³-hybridized carbons (Fsp3) is 0.474. The van der Waals surface area contributed by atoms with E-state index >= 15 is 0 Å². The van der Waals surface area contributed by atoms with E-state index in [4.69, 9.17) is 14.6 Å². The quantitative estimate of drug-likeness (QED) is 0.757. The third kappa shape index (κ3) is 4.75. The monoisotopic (exact) mass is 344 g/mol. The largest absolute Gasteiger partial charge is 0.497 e. The molecule has 0 bridgehead atoms. The molecule has 1 heterocycles. The van der Waals surface area contributed by atoms with E-state index < -0.39 is 5.97 Å². The van der Waals surface area contributed by atoms with Gasteiger partial charge in [0.25, 0.3) is 0 Å². The molecular weight excluding hydrogens is 320 g/mol. The van der Waals surface area contributed by atoms with Crippen LogP contribution in [0.4, 0.5) is 0 Å². The Morgan fingerprint density at radius 2 is 2.16 bits per heavy atom. The number of hydrogen-bond donors (Lipinski definition) is 1. The fourth-order valence-corrected chi connectivity index (χ4v) is 2.70. The van der Waals surface area contributed by atoms with Crippen molar-refractivity contribution in [3.8, 4) is 11.5 Å². The normalized spacial score (nSPS) is 13.7. The molecule has 134 valence electrons. The highest BCUT2D eigenvalue weighted by Crippen LogP contribution is 2.31. The highest BCUT2D eigenvalue weighted by Gasteiger charge is 2.22. The number of carboxylic acid groups (broad SMARTS) is 1. The number of aryl methyl sites for hydroxylation is 2. The maximum atomic E-state index is 10.7. The first-order valence-electron chi connectivity index (χ1n) is 8.60. The van der Waals surface area contributed by atoms with Gasteiger partial charge in [0.1, 0.15) is 11.5 Å². The topological polar surface area (TPSA) is 73.6 Å². The molecule has 3 rings (SSSR count). The summed E-state index contributed by atoms with van der Waals surface area (Å²) >= 11 is 0. The number of carboxylic acids is 1. The van der Waals surface area contributed by atoms with Gasteiger partial charge in [0.2, 0.25) is 0 Å². The average Bonchev–Trinajstić information content (AvgIpc) is 3.35. The van der Waals surface area contributed by atoms with E-state index in [2.05, 4.69) is 5.10 Å². The summed E-state index contributed by atoms with van der Waals surface area (Å²) in [6.45, 7) is 3.29. The van der Waals surface area contributed by atoms with Gasteiger partial charge in [-0.3, -0.25) is 9.48 Å². The van der Waals surface area contributed by atoms with Gasteiger partial charge in [-0.2, -0.15) is 5.10 Å². The van der Waals surface area contributed by atoms with Crippen LogP contribution >= 0.6 is 0 Å². The highest BCUT2D eigenvalue weighted by atomic mass is 16.5. The first kappa shape index (κ1) is 17.3. The van der Waals surface area contributed by atoms with E-state index in [9.17, 15) is 4.79 Å². The van der Waals surface area contributed by atoms with E-state index in [0.29, 0.717) is 18.9 Å². The van der Waals surface area contributed by atoms with Crippen molar-refractivity contribution in [3.05, 3.63) is 41.2 Å². The summed E-state index contributed by atoms with van der Waals surface area (Å²) in [5.74, 6) is 1.51. The number of methoxy groups -OCH3 is 1. The number of benzene rings is 1. The second-order valence-electron chi connectivity index (χ2n) is 6.56. The second kappa shape index (κ2) is 7.59. The molecule has 0 radical (unpaired) electrons. The third-order valence-electron chi connectivity index (χ3n) is 4.39. The van der Waals surface area contributed by atoms with Crippen molar-refractivity contribution < 1.29 is 19.4 Å². The summed E-state index contributed by atoms with van der Waals surface area (Å²) in [7, 11) is 1.65. The van der Waals surface area contributed by atoms with Crippen molar-refractivity contribution in [2.24, 2.45) is 5.92 Å². The van der Waals surface area contributed by atoms with Crippen molar-refractivity contribution in [1.82, 2.24) is 9.78 Å². The minimum atomic E-state index is -0.809. The molecule has 1 saturated carbocycles. The molecule has 1 aliphatic carbocycles. The maximum Gasteiger partial charge on any atom is 0.303 e. The minimum absolute atomic E-state index is 0.0887. The lowest BCUT2D eigenvalue weighted by atomic mass is 10.2. The van der Waals surface area contributed by atoms with Gasteiger partial charge in [0, 0.05) is 17.7 Å². The molecule has 0 aliphatic heterocycles. The summed E-state index contributed by atoms with van der Waals surface area (Å²) < 4.78 is 13.2. The first-order valence-corrected chi connectivity index (χ1v) is 8.60. The van der Waals surface area contributed by atoms with Crippen LogP contribution in [-0.2, 0) is 17.8 Å². The van der Waals surface area contributed by atoms with E-state index in [1.807, 2.05) is 35.9 Å². The summed E-state index contributed by atoms with van der Waals surface area (Å²) in [5, 5.41) is 13.4. The molecular formula is C19H24N2O4. The fourth-order valence-electron chi connectivity index (χ4n) is 2.70. The average molecular weight is 344 g/mol. The van der Waals surface area contributed by atoms with Gasteiger partial charge in [-0.05, 0) is 49.9 Å². The summed E-state index contributed by atoms with van der Waals surface area (Å²) in [4.78, 5) is 10.7. The molecule has 25 heavy (non-hydrogen) atoms. The van der Waals surface area contributed by atoms with Crippen LogP contribution in [0.25, 0.3) is 0 Å². The number of ether oxygens (including phenoxy) is 2. The lowest BCUT2D eigenvalue weighted by Crippen LogP contribution is -2.08. The Morgan fingerprint density at radius 1 is 1.36 bits per heavy atom. The maximum absolute atomic E-state index is 10.7. The van der Waals surface area contributed by atoms with Gasteiger partial charge in [-0.15, -0.1) is 0 Å². The van der Waals surface area contributed by atoms with Crippen molar-refractivity contribution in [2.45, 2.75) is 39.2 Å². The Hall–Kier alpha value is -2.50. The SMILES string of the molecule is COc1ccc(OCC2CC2)c(Cn2nc(CCC(=O)O)cc2C)c1. The Balaban J connectivity index is 1.76. The molecule has 1 aromatic heterocycles. The molecule has 1 fully saturated rings. The van der Waals surface area contributed by atoms with Crippen LogP contribution in [0.3, 0.4) is 0 Å². The molecule has 0 spiro atoms. The van der Waals surface area contributed by atoms with Gasteiger partial charge in [0.15, 0.2) is 0 Å². The predicted octanol–water partition coefficient (Wildman–Crippen LogP) is 3.05. The molecule has 1 aliphatic rings. The molecule has 0 atom stereocenters. The van der Waals surface area contributed by atoms with E-state index in [1.165, 1.54) is 12.8 Å². The summed E-state index contributed by atoms with van der Waals surface area (Å²) in [6.07, 6.45) is 3.02. The van der Waals surface area contributed by atoms with Crippen LogP contribution in [-0.4, -0.2) is 34.6 Å².